The van der Waals surface area contributed by atoms with Gasteiger partial charge in [-0.25, -0.2) is 0 Å². The monoisotopic (exact) mass is 303 g/mol. The van der Waals surface area contributed by atoms with Crippen molar-refractivity contribution >= 4 is 5.91 Å². The maximum atomic E-state index is 11.8. The Hall–Kier alpha value is -1.39. The van der Waals surface area contributed by atoms with Crippen molar-refractivity contribution in [1.82, 2.24) is 10.2 Å². The van der Waals surface area contributed by atoms with Crippen molar-refractivity contribution < 1.29 is 4.79 Å². The second-order valence-electron chi connectivity index (χ2n) is 6.25. The Kier molecular flexibility index (Phi) is 6.87. The molecule has 4 heteroatoms. The summed E-state index contributed by atoms with van der Waals surface area (Å²) in [7, 11) is 0. The van der Waals surface area contributed by atoms with E-state index >= 15 is 0 Å². The summed E-state index contributed by atoms with van der Waals surface area (Å²) in [6, 6.07) is 9.09. The van der Waals surface area contributed by atoms with Crippen LogP contribution in [-0.4, -0.2) is 29.9 Å². The third-order valence-electron chi connectivity index (χ3n) is 4.52. The molecule has 3 N–H and O–H groups in total. The molecule has 1 amide bonds. The van der Waals surface area contributed by atoms with Gasteiger partial charge >= 0.3 is 0 Å². The SMILES string of the molecule is CC1CCCCN1Cc1ccccc1CNC(=O)CCCN. The van der Waals surface area contributed by atoms with Crippen LogP contribution in [0.4, 0.5) is 0 Å². The standard InChI is InChI=1S/C18H29N3O/c1-15-7-4-5-12-21(15)14-17-9-3-2-8-16(17)13-20-18(22)10-6-11-19/h2-3,8-9,15H,4-7,10-14,19H2,1H3,(H,20,22). The summed E-state index contributed by atoms with van der Waals surface area (Å²) >= 11 is 0. The van der Waals surface area contributed by atoms with Gasteiger partial charge in [0.15, 0.2) is 0 Å². The minimum atomic E-state index is 0.0894. The van der Waals surface area contributed by atoms with Crippen LogP contribution >= 0.6 is 0 Å². The number of likely N-dealkylation sites (tertiary alicyclic amines) is 1. The summed E-state index contributed by atoms with van der Waals surface area (Å²) in [5.74, 6) is 0.0894. The van der Waals surface area contributed by atoms with E-state index in [0.717, 1.165) is 13.0 Å². The molecule has 1 saturated heterocycles. The Labute approximate surface area is 134 Å². The molecule has 2 rings (SSSR count). The van der Waals surface area contributed by atoms with Crippen LogP contribution in [0.1, 0.15) is 50.2 Å². The second-order valence-corrected chi connectivity index (χ2v) is 6.25. The Morgan fingerprint density at radius 3 is 2.82 bits per heavy atom. The normalized spacial score (nSPS) is 19.1. The smallest absolute Gasteiger partial charge is 0.220 e. The molecule has 1 aliphatic rings. The second kappa shape index (κ2) is 8.91. The maximum absolute atomic E-state index is 11.8. The number of nitrogens with one attached hydrogen (secondary N) is 1. The summed E-state index contributed by atoms with van der Waals surface area (Å²) in [6.45, 7) is 5.66. The van der Waals surface area contributed by atoms with Crippen LogP contribution in [-0.2, 0) is 17.9 Å². The molecule has 1 heterocycles. The Balaban J connectivity index is 1.93. The number of carbonyl (C=O) groups is 1. The fourth-order valence-electron chi connectivity index (χ4n) is 3.04. The van der Waals surface area contributed by atoms with Gasteiger partial charge in [0.2, 0.25) is 5.91 Å². The van der Waals surface area contributed by atoms with Gasteiger partial charge in [-0.15, -0.1) is 0 Å². The molecule has 0 bridgehead atoms. The molecule has 0 aromatic heterocycles. The van der Waals surface area contributed by atoms with E-state index in [9.17, 15) is 4.79 Å². The van der Waals surface area contributed by atoms with Crippen molar-refractivity contribution in [2.75, 3.05) is 13.1 Å². The van der Waals surface area contributed by atoms with E-state index in [-0.39, 0.29) is 5.91 Å². The molecule has 22 heavy (non-hydrogen) atoms. The topological polar surface area (TPSA) is 58.4 Å². The first-order chi connectivity index (χ1) is 10.7. The number of piperidine rings is 1. The summed E-state index contributed by atoms with van der Waals surface area (Å²) in [6.07, 6.45) is 5.19. The quantitative estimate of drug-likeness (QED) is 0.813. The average molecular weight is 303 g/mol. The van der Waals surface area contributed by atoms with Crippen LogP contribution in [0.3, 0.4) is 0 Å². The molecule has 0 aliphatic carbocycles. The molecule has 1 atom stereocenters. The van der Waals surface area contributed by atoms with Crippen molar-refractivity contribution in [2.45, 2.75) is 58.2 Å². The number of nitrogens with zero attached hydrogens (tertiary/aromatic N) is 1. The zero-order valence-electron chi connectivity index (χ0n) is 13.7. The minimum Gasteiger partial charge on any atom is -0.352 e. The lowest BCUT2D eigenvalue weighted by atomic mass is 10.0. The molecule has 1 unspecified atom stereocenters. The first-order valence-electron chi connectivity index (χ1n) is 8.48. The maximum Gasteiger partial charge on any atom is 0.220 e. The first-order valence-corrected chi connectivity index (χ1v) is 8.48. The third kappa shape index (κ3) is 5.11. The number of hydrogen-bond acceptors (Lipinski definition) is 3. The van der Waals surface area contributed by atoms with Crippen molar-refractivity contribution in [3.8, 4) is 0 Å². The number of carbonyl (C=O) groups excluding carboxylic acids is 1. The van der Waals surface area contributed by atoms with Gasteiger partial charge < -0.3 is 11.1 Å². The fourth-order valence-corrected chi connectivity index (χ4v) is 3.04. The van der Waals surface area contributed by atoms with Crippen LogP contribution < -0.4 is 11.1 Å². The number of rotatable bonds is 7. The number of nitrogens with two attached hydrogens (primary N) is 1. The van der Waals surface area contributed by atoms with Gasteiger partial charge in [0.25, 0.3) is 0 Å². The van der Waals surface area contributed by atoms with Crippen molar-refractivity contribution in [1.29, 1.82) is 0 Å². The summed E-state index contributed by atoms with van der Waals surface area (Å²) in [5.41, 5.74) is 7.99. The summed E-state index contributed by atoms with van der Waals surface area (Å²) in [5, 5.41) is 3.01. The molecule has 0 saturated carbocycles. The molecule has 1 aliphatic heterocycles. The highest BCUT2D eigenvalue weighted by molar-refractivity contribution is 5.75. The van der Waals surface area contributed by atoms with Crippen LogP contribution in [0, 0.1) is 0 Å². The molecular formula is C18H29N3O. The van der Waals surface area contributed by atoms with Gasteiger partial charge in [-0.05, 0) is 50.4 Å². The van der Waals surface area contributed by atoms with Gasteiger partial charge in [0.05, 0.1) is 0 Å². The van der Waals surface area contributed by atoms with Gasteiger partial charge in [-0.3, -0.25) is 9.69 Å². The van der Waals surface area contributed by atoms with Gasteiger partial charge in [0, 0.05) is 25.6 Å². The van der Waals surface area contributed by atoms with Crippen LogP contribution in [0.5, 0.6) is 0 Å². The van der Waals surface area contributed by atoms with Crippen LogP contribution in [0.2, 0.25) is 0 Å². The Morgan fingerprint density at radius 2 is 2.09 bits per heavy atom. The van der Waals surface area contributed by atoms with Crippen LogP contribution in [0.15, 0.2) is 24.3 Å². The van der Waals surface area contributed by atoms with E-state index in [0.29, 0.717) is 25.6 Å². The van der Waals surface area contributed by atoms with Crippen molar-refractivity contribution in [3.63, 3.8) is 0 Å². The number of hydrogen-bond donors (Lipinski definition) is 2. The van der Waals surface area contributed by atoms with Crippen LogP contribution in [0.25, 0.3) is 0 Å². The van der Waals surface area contributed by atoms with E-state index < -0.39 is 0 Å². The predicted octanol–water partition coefficient (Wildman–Crippen LogP) is 2.42. The zero-order valence-corrected chi connectivity index (χ0v) is 13.7. The average Bonchev–Trinajstić information content (AvgIpc) is 2.54. The molecule has 4 nitrogen and oxygen atoms in total. The van der Waals surface area contributed by atoms with Gasteiger partial charge in [0.1, 0.15) is 0 Å². The van der Waals surface area contributed by atoms with E-state index in [2.05, 4.69) is 35.3 Å². The lowest BCUT2D eigenvalue weighted by Gasteiger charge is -2.33. The highest BCUT2D eigenvalue weighted by Gasteiger charge is 2.19. The Morgan fingerprint density at radius 1 is 1.32 bits per heavy atom. The predicted molar refractivity (Wildman–Crippen MR) is 90.3 cm³/mol. The number of benzene rings is 1. The van der Waals surface area contributed by atoms with E-state index in [1.165, 1.54) is 36.9 Å². The lowest BCUT2D eigenvalue weighted by molar-refractivity contribution is -0.121. The summed E-state index contributed by atoms with van der Waals surface area (Å²) in [4.78, 5) is 14.3. The minimum absolute atomic E-state index is 0.0894. The largest absolute Gasteiger partial charge is 0.352 e. The van der Waals surface area contributed by atoms with E-state index in [1.54, 1.807) is 0 Å². The molecule has 0 spiro atoms. The zero-order chi connectivity index (χ0) is 15.8. The lowest BCUT2D eigenvalue weighted by Crippen LogP contribution is -2.37. The number of amides is 1. The van der Waals surface area contributed by atoms with Crippen molar-refractivity contribution in [3.05, 3.63) is 35.4 Å². The highest BCUT2D eigenvalue weighted by Crippen LogP contribution is 2.20. The Bertz CT molecular complexity index is 475. The van der Waals surface area contributed by atoms with Crippen molar-refractivity contribution in [2.24, 2.45) is 5.73 Å². The molecular weight excluding hydrogens is 274 g/mol. The van der Waals surface area contributed by atoms with E-state index in [4.69, 9.17) is 5.73 Å². The molecule has 0 radical (unpaired) electrons. The third-order valence-corrected chi connectivity index (χ3v) is 4.52. The highest BCUT2D eigenvalue weighted by atomic mass is 16.1. The van der Waals surface area contributed by atoms with Gasteiger partial charge in [-0.1, -0.05) is 30.7 Å². The van der Waals surface area contributed by atoms with Gasteiger partial charge in [-0.2, -0.15) is 0 Å². The molecule has 1 fully saturated rings. The first kappa shape index (κ1) is 17.0. The molecule has 1 aromatic carbocycles. The molecule has 122 valence electrons. The summed E-state index contributed by atoms with van der Waals surface area (Å²) < 4.78 is 0. The molecule has 1 aromatic rings. The fraction of sp³-hybridized carbons (Fsp3) is 0.611. The van der Waals surface area contributed by atoms with E-state index in [1.807, 2.05) is 6.07 Å².